The molecule has 1 aliphatic heterocycles. The van der Waals surface area contributed by atoms with Crippen LogP contribution in [0.2, 0.25) is 0 Å². The number of furan rings is 1. The lowest BCUT2D eigenvalue weighted by atomic mass is 9.99. The summed E-state index contributed by atoms with van der Waals surface area (Å²) in [6, 6.07) is 23.7. The van der Waals surface area contributed by atoms with Gasteiger partial charge in [-0.2, -0.15) is 0 Å². The predicted octanol–water partition coefficient (Wildman–Crippen LogP) is 3.45. The topological polar surface area (TPSA) is 65.8 Å². The number of hydrogen-bond donors (Lipinski definition) is 1. The minimum Gasteiger partial charge on any atom is -0.456 e. The van der Waals surface area contributed by atoms with Gasteiger partial charge in [-0.3, -0.25) is 14.5 Å². The number of piperazine rings is 1. The number of carbonyl (C=O) groups is 2. The van der Waals surface area contributed by atoms with Crippen molar-refractivity contribution in [2.24, 2.45) is 0 Å². The summed E-state index contributed by atoms with van der Waals surface area (Å²) in [4.78, 5) is 29.3. The Morgan fingerprint density at radius 1 is 0.906 bits per heavy atom. The third kappa shape index (κ3) is 5.65. The van der Waals surface area contributed by atoms with Crippen molar-refractivity contribution in [1.29, 1.82) is 0 Å². The molecule has 1 unspecified atom stereocenters. The van der Waals surface area contributed by atoms with Crippen LogP contribution in [-0.4, -0.2) is 54.3 Å². The highest BCUT2D eigenvalue weighted by atomic mass is 16.3. The fourth-order valence-corrected chi connectivity index (χ4v) is 4.04. The van der Waals surface area contributed by atoms with E-state index in [0.717, 1.165) is 17.7 Å². The first-order valence-electron chi connectivity index (χ1n) is 11.0. The minimum absolute atomic E-state index is 0.00350. The number of carbonyl (C=O) groups excluding carboxylic acids is 2. The van der Waals surface area contributed by atoms with E-state index in [1.807, 2.05) is 43.3 Å². The Morgan fingerprint density at radius 2 is 1.56 bits per heavy atom. The van der Waals surface area contributed by atoms with Crippen LogP contribution in [0.5, 0.6) is 0 Å². The Kier molecular flexibility index (Phi) is 7.02. The second-order valence-corrected chi connectivity index (χ2v) is 8.20. The third-order valence-corrected chi connectivity index (χ3v) is 5.80. The van der Waals surface area contributed by atoms with Crippen molar-refractivity contribution in [2.75, 3.05) is 32.7 Å². The lowest BCUT2D eigenvalue weighted by Crippen LogP contribution is -2.51. The highest BCUT2D eigenvalue weighted by Gasteiger charge is 2.25. The molecule has 4 rings (SSSR count). The van der Waals surface area contributed by atoms with Crippen LogP contribution in [0.15, 0.2) is 77.2 Å². The molecule has 1 N–H and O–H groups in total. The number of aryl methyl sites for hydroxylation is 1. The van der Waals surface area contributed by atoms with Crippen LogP contribution in [0.1, 0.15) is 33.5 Å². The number of amides is 2. The monoisotopic (exact) mass is 431 g/mol. The van der Waals surface area contributed by atoms with Crippen LogP contribution in [0.3, 0.4) is 0 Å². The molecule has 166 valence electrons. The molecular weight excluding hydrogens is 402 g/mol. The highest BCUT2D eigenvalue weighted by molar-refractivity contribution is 5.91. The van der Waals surface area contributed by atoms with E-state index in [0.29, 0.717) is 38.5 Å². The molecule has 0 spiro atoms. The molecule has 0 saturated carbocycles. The zero-order valence-corrected chi connectivity index (χ0v) is 18.4. The molecule has 32 heavy (non-hydrogen) atoms. The fourth-order valence-electron chi connectivity index (χ4n) is 4.04. The van der Waals surface area contributed by atoms with E-state index < -0.39 is 0 Å². The van der Waals surface area contributed by atoms with Gasteiger partial charge in [-0.15, -0.1) is 0 Å². The molecule has 0 bridgehead atoms. The van der Waals surface area contributed by atoms with Gasteiger partial charge in [0.25, 0.3) is 5.91 Å². The largest absolute Gasteiger partial charge is 0.456 e. The summed E-state index contributed by atoms with van der Waals surface area (Å²) in [6.45, 7) is 4.63. The van der Waals surface area contributed by atoms with Crippen LogP contribution in [0.4, 0.5) is 0 Å². The molecule has 1 aromatic heterocycles. The van der Waals surface area contributed by atoms with Gasteiger partial charge >= 0.3 is 0 Å². The lowest BCUT2D eigenvalue weighted by molar-refractivity contribution is -0.123. The Bertz CT molecular complexity index is 1020. The van der Waals surface area contributed by atoms with Gasteiger partial charge in [0.2, 0.25) is 5.91 Å². The maximum Gasteiger partial charge on any atom is 0.289 e. The summed E-state index contributed by atoms with van der Waals surface area (Å²) < 4.78 is 5.46. The number of benzene rings is 2. The Balaban J connectivity index is 1.32. The van der Waals surface area contributed by atoms with Crippen molar-refractivity contribution >= 4 is 11.8 Å². The van der Waals surface area contributed by atoms with E-state index in [2.05, 4.69) is 34.5 Å². The standard InChI is InChI=1S/C26H29N3O3/c1-20-12-13-24(32-20)26(31)29-16-14-28(15-17-29)19-25(30)27-23(22-10-6-3-7-11-22)18-21-8-4-2-5-9-21/h2-13,23H,14-19H2,1H3,(H,27,30). The summed E-state index contributed by atoms with van der Waals surface area (Å²) in [6.07, 6.45) is 0.738. The van der Waals surface area contributed by atoms with Gasteiger partial charge in [-0.1, -0.05) is 60.7 Å². The van der Waals surface area contributed by atoms with Gasteiger partial charge in [-0.05, 0) is 36.6 Å². The quantitative estimate of drug-likeness (QED) is 0.622. The minimum atomic E-state index is -0.0887. The maximum absolute atomic E-state index is 12.9. The molecule has 6 nitrogen and oxygen atoms in total. The Morgan fingerprint density at radius 3 is 2.19 bits per heavy atom. The van der Waals surface area contributed by atoms with Gasteiger partial charge in [-0.25, -0.2) is 0 Å². The van der Waals surface area contributed by atoms with Crippen molar-refractivity contribution in [3.63, 3.8) is 0 Å². The molecule has 2 heterocycles. The van der Waals surface area contributed by atoms with Gasteiger partial charge in [0.05, 0.1) is 12.6 Å². The number of nitrogens with one attached hydrogen (secondary N) is 1. The molecule has 6 heteroatoms. The van der Waals surface area contributed by atoms with Crippen molar-refractivity contribution in [1.82, 2.24) is 15.1 Å². The molecular formula is C26H29N3O3. The zero-order chi connectivity index (χ0) is 22.3. The first-order valence-corrected chi connectivity index (χ1v) is 11.0. The van der Waals surface area contributed by atoms with Crippen LogP contribution < -0.4 is 5.32 Å². The van der Waals surface area contributed by atoms with Gasteiger partial charge in [0.15, 0.2) is 5.76 Å². The first kappa shape index (κ1) is 21.8. The number of hydrogen-bond acceptors (Lipinski definition) is 4. The molecule has 2 aromatic carbocycles. The smallest absolute Gasteiger partial charge is 0.289 e. The van der Waals surface area contributed by atoms with E-state index in [1.165, 1.54) is 5.56 Å². The highest BCUT2D eigenvalue weighted by Crippen LogP contribution is 2.19. The summed E-state index contributed by atoms with van der Waals surface area (Å²) in [5, 5.41) is 3.22. The van der Waals surface area contributed by atoms with Gasteiger partial charge < -0.3 is 14.6 Å². The number of rotatable bonds is 7. The molecule has 2 amide bonds. The predicted molar refractivity (Wildman–Crippen MR) is 123 cm³/mol. The van der Waals surface area contributed by atoms with Crippen molar-refractivity contribution in [2.45, 2.75) is 19.4 Å². The molecule has 0 radical (unpaired) electrons. The van der Waals surface area contributed by atoms with E-state index in [-0.39, 0.29) is 17.9 Å². The molecule has 3 aromatic rings. The SMILES string of the molecule is Cc1ccc(C(=O)N2CCN(CC(=O)NC(Cc3ccccc3)c3ccccc3)CC2)o1. The average Bonchev–Trinajstić information content (AvgIpc) is 3.26. The molecule has 1 saturated heterocycles. The maximum atomic E-state index is 12.9. The van der Waals surface area contributed by atoms with Crippen molar-refractivity contribution < 1.29 is 14.0 Å². The first-order chi connectivity index (χ1) is 15.6. The fraction of sp³-hybridized carbons (Fsp3) is 0.308. The van der Waals surface area contributed by atoms with Crippen LogP contribution >= 0.6 is 0 Å². The molecule has 1 atom stereocenters. The summed E-state index contributed by atoms with van der Waals surface area (Å²) in [5.41, 5.74) is 2.27. The molecule has 1 fully saturated rings. The Labute approximate surface area is 188 Å². The van der Waals surface area contributed by atoms with Crippen LogP contribution in [0.25, 0.3) is 0 Å². The zero-order valence-electron chi connectivity index (χ0n) is 18.4. The van der Waals surface area contributed by atoms with Crippen molar-refractivity contribution in [3.8, 4) is 0 Å². The van der Waals surface area contributed by atoms with Gasteiger partial charge in [0.1, 0.15) is 5.76 Å². The molecule has 1 aliphatic rings. The Hall–Kier alpha value is -3.38. The lowest BCUT2D eigenvalue weighted by Gasteiger charge is -2.34. The van der Waals surface area contributed by atoms with E-state index >= 15 is 0 Å². The third-order valence-electron chi connectivity index (χ3n) is 5.80. The second-order valence-electron chi connectivity index (χ2n) is 8.20. The summed E-state index contributed by atoms with van der Waals surface area (Å²) >= 11 is 0. The molecule has 0 aliphatic carbocycles. The van der Waals surface area contributed by atoms with Gasteiger partial charge in [0, 0.05) is 26.2 Å². The van der Waals surface area contributed by atoms with Crippen LogP contribution in [-0.2, 0) is 11.2 Å². The van der Waals surface area contributed by atoms with Crippen LogP contribution in [0, 0.1) is 6.92 Å². The number of nitrogens with zero attached hydrogens (tertiary/aromatic N) is 2. The average molecular weight is 432 g/mol. The second kappa shape index (κ2) is 10.3. The normalized spacial score (nSPS) is 15.3. The van der Waals surface area contributed by atoms with E-state index in [1.54, 1.807) is 17.0 Å². The van der Waals surface area contributed by atoms with E-state index in [9.17, 15) is 9.59 Å². The van der Waals surface area contributed by atoms with Crippen molar-refractivity contribution in [3.05, 3.63) is 95.4 Å². The summed E-state index contributed by atoms with van der Waals surface area (Å²) in [5.74, 6) is 1.01. The van der Waals surface area contributed by atoms with E-state index in [4.69, 9.17) is 4.42 Å². The summed E-state index contributed by atoms with van der Waals surface area (Å²) in [7, 11) is 0.